The molecule has 126 valence electrons. The van der Waals surface area contributed by atoms with Crippen LogP contribution in [0, 0.1) is 6.92 Å². The van der Waals surface area contributed by atoms with Crippen LogP contribution < -0.4 is 5.32 Å². The number of carbonyl (C=O) groups is 1. The van der Waals surface area contributed by atoms with E-state index in [1.165, 1.54) is 7.05 Å². The van der Waals surface area contributed by atoms with Crippen LogP contribution in [-0.2, 0) is 19.8 Å². The largest absolute Gasteiger partial charge is 0.435 e. The Labute approximate surface area is 131 Å². The first kappa shape index (κ1) is 17.0. The zero-order valence-corrected chi connectivity index (χ0v) is 13.3. The third-order valence-corrected chi connectivity index (χ3v) is 3.66. The summed E-state index contributed by atoms with van der Waals surface area (Å²) in [6.45, 7) is 6.27. The fraction of sp³-hybridized carbons (Fsp3) is 0.500. The van der Waals surface area contributed by atoms with Gasteiger partial charge >= 0.3 is 6.18 Å². The molecular weight excluding hydrogens is 311 g/mol. The minimum atomic E-state index is -4.58. The van der Waals surface area contributed by atoms with Crippen LogP contribution in [-0.4, -0.2) is 25.5 Å². The second-order valence-corrected chi connectivity index (χ2v) is 5.23. The molecule has 1 amide bonds. The number of hydrogen-bond acceptors (Lipinski definition) is 3. The number of halogens is 3. The predicted molar refractivity (Wildman–Crippen MR) is 76.7 cm³/mol. The molecule has 0 aliphatic carbocycles. The number of carbonyl (C=O) groups excluding carboxylic acids is 1. The number of alkyl halides is 3. The first-order valence-electron chi connectivity index (χ1n) is 7.09. The van der Waals surface area contributed by atoms with Crippen LogP contribution in [0.15, 0.2) is 12.3 Å². The van der Waals surface area contributed by atoms with Crippen molar-refractivity contribution in [2.45, 2.75) is 39.5 Å². The lowest BCUT2D eigenvalue weighted by Crippen LogP contribution is -2.28. The van der Waals surface area contributed by atoms with E-state index in [2.05, 4.69) is 15.5 Å². The molecule has 0 spiro atoms. The quantitative estimate of drug-likeness (QED) is 0.937. The summed E-state index contributed by atoms with van der Waals surface area (Å²) in [5, 5.41) is 10.2. The molecule has 0 aliphatic heterocycles. The highest BCUT2D eigenvalue weighted by Crippen LogP contribution is 2.28. The molecule has 2 aromatic rings. The van der Waals surface area contributed by atoms with Gasteiger partial charge < -0.3 is 5.32 Å². The fourth-order valence-corrected chi connectivity index (χ4v) is 2.37. The number of aromatic nitrogens is 4. The summed E-state index contributed by atoms with van der Waals surface area (Å²) in [4.78, 5) is 12.2. The molecule has 0 saturated heterocycles. The van der Waals surface area contributed by atoms with Gasteiger partial charge in [-0.25, -0.2) is 0 Å². The van der Waals surface area contributed by atoms with E-state index < -0.39 is 17.8 Å². The van der Waals surface area contributed by atoms with Crippen molar-refractivity contribution in [3.05, 3.63) is 34.9 Å². The lowest BCUT2D eigenvalue weighted by atomic mass is 10.1. The molecule has 23 heavy (non-hydrogen) atoms. The third kappa shape index (κ3) is 3.38. The maximum absolute atomic E-state index is 12.6. The Morgan fingerprint density at radius 3 is 2.57 bits per heavy atom. The van der Waals surface area contributed by atoms with Crippen molar-refractivity contribution in [2.75, 3.05) is 0 Å². The van der Waals surface area contributed by atoms with Gasteiger partial charge in [0.05, 0.1) is 12.2 Å². The van der Waals surface area contributed by atoms with E-state index in [1.54, 1.807) is 17.8 Å². The van der Waals surface area contributed by atoms with Crippen molar-refractivity contribution in [3.8, 4) is 0 Å². The van der Waals surface area contributed by atoms with Crippen molar-refractivity contribution < 1.29 is 18.0 Å². The molecule has 9 heteroatoms. The molecule has 0 aromatic carbocycles. The van der Waals surface area contributed by atoms with Gasteiger partial charge in [-0.15, -0.1) is 0 Å². The van der Waals surface area contributed by atoms with Gasteiger partial charge in [0, 0.05) is 30.9 Å². The number of amides is 1. The van der Waals surface area contributed by atoms with Crippen molar-refractivity contribution in [1.29, 1.82) is 0 Å². The second-order valence-electron chi connectivity index (χ2n) is 5.23. The van der Waals surface area contributed by atoms with Gasteiger partial charge in [0.2, 0.25) is 0 Å². The van der Waals surface area contributed by atoms with Gasteiger partial charge in [0.1, 0.15) is 5.69 Å². The molecule has 1 atom stereocenters. The van der Waals surface area contributed by atoms with Gasteiger partial charge in [0.25, 0.3) is 5.91 Å². The number of hydrogen-bond donors (Lipinski definition) is 1. The predicted octanol–water partition coefficient (Wildman–Crippen LogP) is 2.45. The van der Waals surface area contributed by atoms with Crippen LogP contribution in [0.2, 0.25) is 0 Å². The molecule has 0 aliphatic rings. The van der Waals surface area contributed by atoms with Crippen LogP contribution in [0.1, 0.15) is 47.3 Å². The minimum absolute atomic E-state index is 0.148. The highest BCUT2D eigenvalue weighted by molar-refractivity contribution is 5.93. The lowest BCUT2D eigenvalue weighted by Gasteiger charge is -2.14. The van der Waals surface area contributed by atoms with Gasteiger partial charge in [-0.2, -0.15) is 23.4 Å². The Hall–Kier alpha value is -2.32. The van der Waals surface area contributed by atoms with E-state index in [4.69, 9.17) is 0 Å². The zero-order valence-electron chi connectivity index (χ0n) is 13.3. The van der Waals surface area contributed by atoms with E-state index in [-0.39, 0.29) is 11.7 Å². The Kier molecular flexibility index (Phi) is 4.49. The average molecular weight is 329 g/mol. The molecule has 6 nitrogen and oxygen atoms in total. The summed E-state index contributed by atoms with van der Waals surface area (Å²) >= 11 is 0. The molecule has 1 unspecified atom stereocenters. The average Bonchev–Trinajstić information content (AvgIpc) is 3.01. The number of nitrogens with zero attached hydrogens (tertiary/aromatic N) is 4. The van der Waals surface area contributed by atoms with E-state index in [1.807, 2.05) is 13.8 Å². The first-order valence-corrected chi connectivity index (χ1v) is 7.09. The second kappa shape index (κ2) is 6.05. The minimum Gasteiger partial charge on any atom is -0.344 e. The third-order valence-electron chi connectivity index (χ3n) is 3.66. The summed E-state index contributed by atoms with van der Waals surface area (Å²) in [5.74, 6) is -0.619. The zero-order chi connectivity index (χ0) is 17.4. The van der Waals surface area contributed by atoms with E-state index >= 15 is 0 Å². The Balaban J connectivity index is 2.18. The maximum Gasteiger partial charge on any atom is 0.435 e. The molecule has 0 fully saturated rings. The molecule has 0 bridgehead atoms. The molecule has 2 heterocycles. The highest BCUT2D eigenvalue weighted by Gasteiger charge is 2.35. The Bertz CT molecular complexity index is 717. The van der Waals surface area contributed by atoms with E-state index in [0.29, 0.717) is 6.54 Å². The molecule has 2 rings (SSSR count). The van der Waals surface area contributed by atoms with E-state index in [0.717, 1.165) is 22.0 Å². The Morgan fingerprint density at radius 2 is 2.09 bits per heavy atom. The molecule has 0 saturated carbocycles. The van der Waals surface area contributed by atoms with Gasteiger partial charge in [0.15, 0.2) is 5.69 Å². The summed E-state index contributed by atoms with van der Waals surface area (Å²) in [6.07, 6.45) is -2.94. The van der Waals surface area contributed by atoms with E-state index in [9.17, 15) is 18.0 Å². The number of rotatable bonds is 4. The number of aryl methyl sites for hydroxylation is 2. The van der Waals surface area contributed by atoms with Crippen molar-refractivity contribution in [2.24, 2.45) is 7.05 Å². The topological polar surface area (TPSA) is 64.7 Å². The molecule has 0 radical (unpaired) electrons. The van der Waals surface area contributed by atoms with Crippen LogP contribution in [0.25, 0.3) is 0 Å². The summed E-state index contributed by atoms with van der Waals surface area (Å²) in [6, 6.07) is 0.358. The lowest BCUT2D eigenvalue weighted by molar-refractivity contribution is -0.141. The van der Waals surface area contributed by atoms with Gasteiger partial charge in [-0.05, 0) is 20.8 Å². The van der Waals surface area contributed by atoms with Crippen LogP contribution in [0.5, 0.6) is 0 Å². The van der Waals surface area contributed by atoms with Crippen LogP contribution >= 0.6 is 0 Å². The fourth-order valence-electron chi connectivity index (χ4n) is 2.37. The number of nitrogens with one attached hydrogen (secondary N) is 1. The Morgan fingerprint density at radius 1 is 1.43 bits per heavy atom. The first-order chi connectivity index (χ1) is 10.6. The highest BCUT2D eigenvalue weighted by atomic mass is 19.4. The molecule has 2 aromatic heterocycles. The van der Waals surface area contributed by atoms with Crippen molar-refractivity contribution in [1.82, 2.24) is 24.9 Å². The normalized spacial score (nSPS) is 13.2. The molecular formula is C14H18F3N5O. The van der Waals surface area contributed by atoms with Gasteiger partial charge in [-0.1, -0.05) is 0 Å². The van der Waals surface area contributed by atoms with Gasteiger partial charge in [-0.3, -0.25) is 14.2 Å². The van der Waals surface area contributed by atoms with Crippen molar-refractivity contribution in [3.63, 3.8) is 0 Å². The van der Waals surface area contributed by atoms with Crippen LogP contribution in [0.4, 0.5) is 13.2 Å². The molecule has 1 N–H and O–H groups in total. The SMILES string of the molecule is CCn1ncc(C(C)NC(=O)c2cc(C(F)(F)F)nn2C)c1C. The van der Waals surface area contributed by atoms with Crippen molar-refractivity contribution >= 4 is 5.91 Å². The standard InChI is InChI=1S/C14H18F3N5O/c1-5-22-9(3)10(7-18-22)8(2)19-13(23)11-6-12(14(15,16)17)20-21(11)4/h6-8H,5H2,1-4H3,(H,19,23). The summed E-state index contributed by atoms with van der Waals surface area (Å²) in [5.41, 5.74) is 0.484. The monoisotopic (exact) mass is 329 g/mol. The summed E-state index contributed by atoms with van der Waals surface area (Å²) < 4.78 is 40.6. The van der Waals surface area contributed by atoms with Crippen LogP contribution in [0.3, 0.4) is 0 Å². The maximum atomic E-state index is 12.6. The summed E-state index contributed by atoms with van der Waals surface area (Å²) in [7, 11) is 1.30. The smallest absolute Gasteiger partial charge is 0.344 e.